The van der Waals surface area contributed by atoms with Gasteiger partial charge in [-0.3, -0.25) is 14.5 Å². The Morgan fingerprint density at radius 3 is 2.58 bits per heavy atom. The third-order valence-corrected chi connectivity index (χ3v) is 6.11. The number of hydrogen-bond acceptors (Lipinski definition) is 6. The average Bonchev–Trinajstić information content (AvgIpc) is 3.29. The molecule has 0 unspecified atom stereocenters. The minimum absolute atomic E-state index is 0.205. The van der Waals surface area contributed by atoms with Crippen molar-refractivity contribution in [3.8, 4) is 5.75 Å². The Bertz CT molecular complexity index is 976. The summed E-state index contributed by atoms with van der Waals surface area (Å²) in [6, 6.07) is 9.81. The molecule has 31 heavy (non-hydrogen) atoms. The number of rotatable bonds is 9. The molecule has 6 nitrogen and oxygen atoms in total. The fraction of sp³-hybridized carbons (Fsp3) is 0.417. The van der Waals surface area contributed by atoms with Gasteiger partial charge in [-0.2, -0.15) is 0 Å². The molecule has 1 aliphatic heterocycles. The fourth-order valence-electron chi connectivity index (χ4n) is 3.44. The normalized spacial score (nSPS) is 15.4. The molecule has 0 bridgehead atoms. The van der Waals surface area contributed by atoms with Crippen molar-refractivity contribution in [3.05, 3.63) is 52.1 Å². The summed E-state index contributed by atoms with van der Waals surface area (Å²) >= 11 is 0.932. The first kappa shape index (κ1) is 23.0. The second-order valence-corrected chi connectivity index (χ2v) is 8.72. The minimum atomic E-state index is -0.312. The van der Waals surface area contributed by atoms with Crippen LogP contribution in [-0.2, 0) is 4.79 Å². The number of hydrogen-bond donors (Lipinski definition) is 0. The number of anilines is 1. The lowest BCUT2D eigenvalue weighted by molar-refractivity contribution is -0.123. The zero-order valence-electron chi connectivity index (χ0n) is 18.8. The lowest BCUT2D eigenvalue weighted by Gasteiger charge is -2.17. The summed E-state index contributed by atoms with van der Waals surface area (Å²) in [4.78, 5) is 28.8. The molecule has 3 rings (SSSR count). The van der Waals surface area contributed by atoms with Gasteiger partial charge in [-0.1, -0.05) is 26.0 Å². The van der Waals surface area contributed by atoms with E-state index in [0.717, 1.165) is 47.6 Å². The van der Waals surface area contributed by atoms with Gasteiger partial charge in [0.25, 0.3) is 11.1 Å². The van der Waals surface area contributed by atoms with Crippen LogP contribution in [0.1, 0.15) is 50.5 Å². The molecular weight excluding hydrogens is 412 g/mol. The number of imide groups is 1. The first-order valence-corrected chi connectivity index (χ1v) is 11.5. The smallest absolute Gasteiger partial charge is 0.293 e. The van der Waals surface area contributed by atoms with E-state index in [1.807, 2.05) is 25.1 Å². The molecule has 0 atom stereocenters. The molecule has 0 saturated carbocycles. The number of amides is 2. The van der Waals surface area contributed by atoms with Crippen molar-refractivity contribution in [2.75, 3.05) is 31.1 Å². The number of benzene rings is 1. The molecule has 0 N–H and O–H groups in total. The van der Waals surface area contributed by atoms with E-state index in [1.54, 1.807) is 6.08 Å². The number of carbonyl (C=O) groups is 2. The Labute approximate surface area is 188 Å². The SMILES string of the molecule is CCN(CC)c1ccc(/C=C2\SC(=O)N(CCOc3cc(C)ccc3C(C)C)C2=O)o1. The average molecular weight is 443 g/mol. The summed E-state index contributed by atoms with van der Waals surface area (Å²) in [7, 11) is 0. The molecule has 1 aliphatic rings. The van der Waals surface area contributed by atoms with E-state index in [0.29, 0.717) is 16.6 Å². The fourth-order valence-corrected chi connectivity index (χ4v) is 4.28. The Hall–Kier alpha value is -2.67. The zero-order chi connectivity index (χ0) is 22.5. The van der Waals surface area contributed by atoms with Gasteiger partial charge in [0, 0.05) is 25.2 Å². The standard InChI is InChI=1S/C24H30N2O4S/c1-6-25(7-2)22-11-9-18(30-22)15-21-23(27)26(24(28)31-21)12-13-29-20-14-17(5)8-10-19(20)16(3)4/h8-11,14-16H,6-7,12-13H2,1-5H3/b21-15-. The summed E-state index contributed by atoms with van der Waals surface area (Å²) < 4.78 is 11.8. The van der Waals surface area contributed by atoms with E-state index in [2.05, 4.69) is 44.7 Å². The molecule has 1 fully saturated rings. The maximum atomic E-state index is 12.8. The largest absolute Gasteiger partial charge is 0.491 e. The van der Waals surface area contributed by atoms with E-state index in [4.69, 9.17) is 9.15 Å². The Kier molecular flexibility index (Phi) is 7.49. The molecule has 2 aromatic rings. The van der Waals surface area contributed by atoms with Gasteiger partial charge in [0.05, 0.1) is 11.4 Å². The quantitative estimate of drug-likeness (QED) is 0.466. The van der Waals surface area contributed by atoms with Crippen LogP contribution in [0.25, 0.3) is 6.08 Å². The van der Waals surface area contributed by atoms with Crippen molar-refractivity contribution in [1.82, 2.24) is 4.90 Å². The van der Waals surface area contributed by atoms with E-state index >= 15 is 0 Å². The number of furan rings is 1. The third kappa shape index (κ3) is 5.34. The highest BCUT2D eigenvalue weighted by atomic mass is 32.2. The predicted molar refractivity (Wildman–Crippen MR) is 126 cm³/mol. The van der Waals surface area contributed by atoms with Crippen molar-refractivity contribution in [1.29, 1.82) is 0 Å². The number of nitrogens with zero attached hydrogens (tertiary/aromatic N) is 2. The van der Waals surface area contributed by atoms with Crippen molar-refractivity contribution < 1.29 is 18.7 Å². The summed E-state index contributed by atoms with van der Waals surface area (Å²) in [6.07, 6.45) is 1.64. The van der Waals surface area contributed by atoms with Crippen LogP contribution in [0.4, 0.5) is 10.7 Å². The van der Waals surface area contributed by atoms with Crippen molar-refractivity contribution in [2.45, 2.75) is 40.5 Å². The van der Waals surface area contributed by atoms with Crippen LogP contribution in [0.2, 0.25) is 0 Å². The molecule has 7 heteroatoms. The first-order chi connectivity index (χ1) is 14.8. The van der Waals surface area contributed by atoms with E-state index in [9.17, 15) is 9.59 Å². The van der Waals surface area contributed by atoms with Crippen LogP contribution in [0.5, 0.6) is 5.75 Å². The van der Waals surface area contributed by atoms with Crippen molar-refractivity contribution in [2.24, 2.45) is 0 Å². The van der Waals surface area contributed by atoms with Crippen molar-refractivity contribution >= 4 is 34.9 Å². The topological polar surface area (TPSA) is 63.0 Å². The highest BCUT2D eigenvalue weighted by Crippen LogP contribution is 2.33. The molecule has 0 aliphatic carbocycles. The van der Waals surface area contributed by atoms with Gasteiger partial charge in [-0.15, -0.1) is 0 Å². The van der Waals surface area contributed by atoms with Gasteiger partial charge in [-0.25, -0.2) is 0 Å². The lowest BCUT2D eigenvalue weighted by atomic mass is 10.0. The van der Waals surface area contributed by atoms with Gasteiger partial charge in [0.15, 0.2) is 5.88 Å². The molecule has 1 saturated heterocycles. The van der Waals surface area contributed by atoms with E-state index in [1.165, 1.54) is 4.90 Å². The van der Waals surface area contributed by atoms with Crippen LogP contribution >= 0.6 is 11.8 Å². The van der Waals surface area contributed by atoms with Crippen LogP contribution in [0.3, 0.4) is 0 Å². The van der Waals surface area contributed by atoms with Gasteiger partial charge in [0.1, 0.15) is 18.1 Å². The minimum Gasteiger partial charge on any atom is -0.491 e. The number of carbonyl (C=O) groups excluding carboxylic acids is 2. The van der Waals surface area contributed by atoms with Crippen LogP contribution in [0, 0.1) is 6.92 Å². The molecular formula is C24H30N2O4S. The highest BCUT2D eigenvalue weighted by Gasteiger charge is 2.35. The van der Waals surface area contributed by atoms with Crippen molar-refractivity contribution in [3.63, 3.8) is 0 Å². The summed E-state index contributed by atoms with van der Waals surface area (Å²) in [5.74, 6) is 2.13. The molecule has 0 spiro atoms. The summed E-state index contributed by atoms with van der Waals surface area (Å²) in [5.41, 5.74) is 2.22. The number of thioether (sulfide) groups is 1. The van der Waals surface area contributed by atoms with Crippen LogP contribution in [0.15, 0.2) is 39.7 Å². The predicted octanol–water partition coefficient (Wildman–Crippen LogP) is 5.67. The molecule has 2 heterocycles. The molecule has 0 radical (unpaired) electrons. The van der Waals surface area contributed by atoms with E-state index < -0.39 is 0 Å². The third-order valence-electron chi connectivity index (χ3n) is 5.20. The summed E-state index contributed by atoms with van der Waals surface area (Å²) in [5, 5.41) is -0.288. The van der Waals surface area contributed by atoms with Gasteiger partial charge in [0.2, 0.25) is 0 Å². The van der Waals surface area contributed by atoms with Gasteiger partial charge >= 0.3 is 0 Å². The van der Waals surface area contributed by atoms with E-state index in [-0.39, 0.29) is 24.3 Å². The lowest BCUT2D eigenvalue weighted by Crippen LogP contribution is -2.32. The van der Waals surface area contributed by atoms with Crippen LogP contribution < -0.4 is 9.64 Å². The second kappa shape index (κ2) is 10.1. The molecule has 2 amide bonds. The van der Waals surface area contributed by atoms with Crippen LogP contribution in [-0.4, -0.2) is 42.3 Å². The Morgan fingerprint density at radius 2 is 1.90 bits per heavy atom. The number of ether oxygens (including phenoxy) is 1. The first-order valence-electron chi connectivity index (χ1n) is 10.7. The Morgan fingerprint density at radius 1 is 1.16 bits per heavy atom. The monoisotopic (exact) mass is 442 g/mol. The summed E-state index contributed by atoms with van der Waals surface area (Å²) in [6.45, 7) is 12.5. The maximum absolute atomic E-state index is 12.8. The van der Waals surface area contributed by atoms with Gasteiger partial charge in [-0.05, 0) is 61.7 Å². The highest BCUT2D eigenvalue weighted by molar-refractivity contribution is 8.18. The van der Waals surface area contributed by atoms with Gasteiger partial charge < -0.3 is 14.1 Å². The molecule has 1 aromatic heterocycles. The maximum Gasteiger partial charge on any atom is 0.293 e. The molecule has 1 aromatic carbocycles. The second-order valence-electron chi connectivity index (χ2n) is 7.73. The Balaban J connectivity index is 1.65. The molecule has 166 valence electrons. The number of aryl methyl sites for hydroxylation is 1. The zero-order valence-corrected chi connectivity index (χ0v) is 19.6.